The fourth-order valence-corrected chi connectivity index (χ4v) is 3.29. The van der Waals surface area contributed by atoms with E-state index in [1.807, 2.05) is 0 Å². The maximum Gasteiger partial charge on any atom is 0.257 e. The van der Waals surface area contributed by atoms with Crippen LogP contribution in [0.2, 0.25) is 0 Å². The molecule has 0 aliphatic carbocycles. The fourth-order valence-electron chi connectivity index (χ4n) is 3.29. The quantitative estimate of drug-likeness (QED) is 0.599. The zero-order chi connectivity index (χ0) is 20.1. The lowest BCUT2D eigenvalue weighted by Crippen LogP contribution is -2.26. The first-order chi connectivity index (χ1) is 13.5. The Balaban J connectivity index is 1.78. The van der Waals surface area contributed by atoms with E-state index in [1.165, 1.54) is 24.4 Å². The van der Waals surface area contributed by atoms with Crippen molar-refractivity contribution in [3.05, 3.63) is 59.8 Å². The summed E-state index contributed by atoms with van der Waals surface area (Å²) in [4.78, 5) is 14.2. The highest BCUT2D eigenvalue weighted by Gasteiger charge is 2.24. The highest BCUT2D eigenvalue weighted by Crippen LogP contribution is 2.32. The van der Waals surface area contributed by atoms with Crippen LogP contribution in [0.5, 0.6) is 0 Å². The van der Waals surface area contributed by atoms with E-state index in [2.05, 4.69) is 29.4 Å². The Labute approximate surface area is 164 Å². The maximum atomic E-state index is 14.7. The summed E-state index contributed by atoms with van der Waals surface area (Å²) in [5, 5.41) is 5.61. The first kappa shape index (κ1) is 19.9. The smallest absolute Gasteiger partial charge is 0.257 e. The molecule has 6 heteroatoms. The van der Waals surface area contributed by atoms with Crippen LogP contribution >= 0.6 is 0 Å². The SMILES string of the molecule is CCCCN(CCC)c1ccc(NC=C2C(=O)Nc3cc(F)ccc32)cc1F. The van der Waals surface area contributed by atoms with Crippen molar-refractivity contribution in [3.63, 3.8) is 0 Å². The lowest BCUT2D eigenvalue weighted by molar-refractivity contribution is -0.110. The topological polar surface area (TPSA) is 44.4 Å². The highest BCUT2D eigenvalue weighted by molar-refractivity contribution is 6.31. The number of anilines is 3. The van der Waals surface area contributed by atoms with Crippen molar-refractivity contribution in [1.29, 1.82) is 0 Å². The molecule has 0 radical (unpaired) electrons. The Morgan fingerprint density at radius 2 is 1.89 bits per heavy atom. The number of unbranched alkanes of at least 4 members (excludes halogenated alkanes) is 1. The van der Waals surface area contributed by atoms with Gasteiger partial charge in [0.2, 0.25) is 0 Å². The van der Waals surface area contributed by atoms with Crippen LogP contribution in [0, 0.1) is 11.6 Å². The molecule has 3 rings (SSSR count). The summed E-state index contributed by atoms with van der Waals surface area (Å²) in [6.45, 7) is 5.83. The summed E-state index contributed by atoms with van der Waals surface area (Å²) in [6, 6.07) is 9.12. The van der Waals surface area contributed by atoms with Gasteiger partial charge in [-0.2, -0.15) is 0 Å². The molecule has 0 saturated heterocycles. The van der Waals surface area contributed by atoms with E-state index in [1.54, 1.807) is 18.2 Å². The molecule has 0 saturated carbocycles. The van der Waals surface area contributed by atoms with Gasteiger partial charge < -0.3 is 15.5 Å². The molecule has 4 nitrogen and oxygen atoms in total. The molecule has 1 heterocycles. The second-order valence-corrected chi connectivity index (χ2v) is 6.85. The monoisotopic (exact) mass is 385 g/mol. The molecule has 0 aromatic heterocycles. The molecule has 0 unspecified atom stereocenters. The first-order valence-corrected chi connectivity index (χ1v) is 9.66. The minimum absolute atomic E-state index is 0.300. The highest BCUT2D eigenvalue weighted by atomic mass is 19.1. The van der Waals surface area contributed by atoms with Crippen molar-refractivity contribution in [2.75, 3.05) is 28.6 Å². The number of carbonyl (C=O) groups excluding carboxylic acids is 1. The molecule has 1 aliphatic rings. The van der Waals surface area contributed by atoms with Crippen LogP contribution in [-0.4, -0.2) is 19.0 Å². The zero-order valence-corrected chi connectivity index (χ0v) is 16.2. The Kier molecular flexibility index (Phi) is 6.29. The standard InChI is InChI=1S/C22H25F2N3O/c1-3-5-11-27(10-4-2)21-9-7-16(13-19(21)24)25-14-18-17-8-6-15(23)12-20(17)26-22(18)28/h6-9,12-14,25H,3-5,10-11H2,1-2H3,(H,26,28). The molecule has 28 heavy (non-hydrogen) atoms. The van der Waals surface area contributed by atoms with Gasteiger partial charge in [-0.1, -0.05) is 20.3 Å². The summed E-state index contributed by atoms with van der Waals surface area (Å²) in [5.41, 5.74) is 2.57. The van der Waals surface area contributed by atoms with E-state index in [9.17, 15) is 13.6 Å². The summed E-state index contributed by atoms with van der Waals surface area (Å²) in [5.74, 6) is -1.03. The molecule has 2 aromatic rings. The van der Waals surface area contributed by atoms with Crippen molar-refractivity contribution in [2.45, 2.75) is 33.1 Å². The van der Waals surface area contributed by atoms with Gasteiger partial charge in [-0.05, 0) is 49.2 Å². The molecule has 0 fully saturated rings. The molecule has 0 spiro atoms. The number of rotatable bonds is 8. The number of fused-ring (bicyclic) bond motifs is 1. The minimum atomic E-state index is -0.411. The predicted octanol–water partition coefficient (Wildman–Crippen LogP) is 5.39. The van der Waals surface area contributed by atoms with Crippen LogP contribution in [-0.2, 0) is 4.79 Å². The van der Waals surface area contributed by atoms with E-state index in [0.29, 0.717) is 28.2 Å². The van der Waals surface area contributed by atoms with Crippen LogP contribution in [0.1, 0.15) is 38.7 Å². The van der Waals surface area contributed by atoms with Gasteiger partial charge in [-0.25, -0.2) is 8.78 Å². The van der Waals surface area contributed by atoms with Gasteiger partial charge in [-0.3, -0.25) is 4.79 Å². The van der Waals surface area contributed by atoms with Gasteiger partial charge in [0.05, 0.1) is 16.9 Å². The van der Waals surface area contributed by atoms with E-state index >= 15 is 0 Å². The van der Waals surface area contributed by atoms with Gasteiger partial charge in [0.15, 0.2) is 0 Å². The molecule has 0 bridgehead atoms. The van der Waals surface area contributed by atoms with Gasteiger partial charge in [0.1, 0.15) is 11.6 Å². The molecule has 0 atom stereocenters. The van der Waals surface area contributed by atoms with Crippen molar-refractivity contribution < 1.29 is 13.6 Å². The summed E-state index contributed by atoms with van der Waals surface area (Å²) >= 11 is 0. The van der Waals surface area contributed by atoms with Gasteiger partial charge in [0, 0.05) is 30.5 Å². The van der Waals surface area contributed by atoms with Gasteiger partial charge in [-0.15, -0.1) is 0 Å². The van der Waals surface area contributed by atoms with Crippen LogP contribution in [0.4, 0.5) is 25.8 Å². The first-order valence-electron chi connectivity index (χ1n) is 9.66. The number of halogens is 2. The zero-order valence-electron chi connectivity index (χ0n) is 16.2. The third kappa shape index (κ3) is 4.32. The number of hydrogen-bond donors (Lipinski definition) is 2. The lowest BCUT2D eigenvalue weighted by Gasteiger charge is -2.25. The normalized spacial score (nSPS) is 14.1. The van der Waals surface area contributed by atoms with Crippen LogP contribution in [0.25, 0.3) is 5.57 Å². The van der Waals surface area contributed by atoms with Crippen LogP contribution in [0.15, 0.2) is 42.6 Å². The Morgan fingerprint density at radius 3 is 2.61 bits per heavy atom. The van der Waals surface area contributed by atoms with Crippen LogP contribution in [0.3, 0.4) is 0 Å². The Bertz CT molecular complexity index is 895. The van der Waals surface area contributed by atoms with Gasteiger partial charge >= 0.3 is 0 Å². The number of amides is 1. The van der Waals surface area contributed by atoms with Crippen molar-refractivity contribution >= 4 is 28.5 Å². The number of nitrogens with one attached hydrogen (secondary N) is 2. The fraction of sp³-hybridized carbons (Fsp3) is 0.318. The van der Waals surface area contributed by atoms with Crippen LogP contribution < -0.4 is 15.5 Å². The third-order valence-corrected chi connectivity index (χ3v) is 4.71. The molecule has 148 valence electrons. The maximum absolute atomic E-state index is 14.7. The Morgan fingerprint density at radius 1 is 1.07 bits per heavy atom. The van der Waals surface area contributed by atoms with Crippen molar-refractivity contribution in [1.82, 2.24) is 0 Å². The predicted molar refractivity (Wildman–Crippen MR) is 110 cm³/mol. The van der Waals surface area contributed by atoms with Gasteiger partial charge in [0.25, 0.3) is 5.91 Å². The number of nitrogens with zero attached hydrogens (tertiary/aromatic N) is 1. The molecular weight excluding hydrogens is 360 g/mol. The second kappa shape index (κ2) is 8.87. The summed E-state index contributed by atoms with van der Waals surface area (Å²) in [6.07, 6.45) is 4.54. The number of hydrogen-bond acceptors (Lipinski definition) is 3. The molecular formula is C22H25F2N3O. The lowest BCUT2D eigenvalue weighted by atomic mass is 10.1. The number of carbonyl (C=O) groups is 1. The number of benzene rings is 2. The van der Waals surface area contributed by atoms with Crippen molar-refractivity contribution in [3.8, 4) is 0 Å². The van der Waals surface area contributed by atoms with Crippen molar-refractivity contribution in [2.24, 2.45) is 0 Å². The second-order valence-electron chi connectivity index (χ2n) is 6.85. The third-order valence-electron chi connectivity index (χ3n) is 4.71. The molecule has 1 aliphatic heterocycles. The van der Waals surface area contributed by atoms with E-state index < -0.39 is 5.82 Å². The van der Waals surface area contributed by atoms with E-state index in [-0.39, 0.29) is 11.7 Å². The average molecular weight is 385 g/mol. The largest absolute Gasteiger partial charge is 0.369 e. The molecule has 2 N–H and O–H groups in total. The van der Waals surface area contributed by atoms with E-state index in [0.717, 1.165) is 32.4 Å². The van der Waals surface area contributed by atoms with E-state index in [4.69, 9.17) is 0 Å². The molecule has 2 aromatic carbocycles. The average Bonchev–Trinajstić information content (AvgIpc) is 2.98. The minimum Gasteiger partial charge on any atom is -0.369 e. The Hall–Kier alpha value is -2.89. The summed E-state index contributed by atoms with van der Waals surface area (Å²) in [7, 11) is 0. The summed E-state index contributed by atoms with van der Waals surface area (Å²) < 4.78 is 28.0. The molecule has 1 amide bonds.